The van der Waals surface area contributed by atoms with Gasteiger partial charge in [-0.2, -0.15) is 0 Å². The van der Waals surface area contributed by atoms with Crippen LogP contribution in [0.25, 0.3) is 10.9 Å². The van der Waals surface area contributed by atoms with E-state index >= 15 is 0 Å². The minimum Gasteiger partial charge on any atom is -0.357 e. The van der Waals surface area contributed by atoms with Crippen LogP contribution in [0, 0.1) is 12.3 Å². The second-order valence-corrected chi connectivity index (χ2v) is 3.76. The van der Waals surface area contributed by atoms with Crippen LogP contribution in [0.4, 0.5) is 0 Å². The van der Waals surface area contributed by atoms with E-state index in [-0.39, 0.29) is 0 Å². The lowest BCUT2D eigenvalue weighted by molar-refractivity contribution is 0.365. The third-order valence-corrected chi connectivity index (χ3v) is 2.39. The fourth-order valence-electron chi connectivity index (χ4n) is 1.72. The molecule has 0 atom stereocenters. The molecule has 2 heteroatoms. The predicted octanol–water partition coefficient (Wildman–Crippen LogP) is 2.23. The number of hydrogen-bond donors (Lipinski definition) is 1. The molecule has 15 heavy (non-hydrogen) atoms. The number of para-hydroxylation sites is 1. The van der Waals surface area contributed by atoms with Crippen molar-refractivity contribution in [1.29, 1.82) is 0 Å². The lowest BCUT2D eigenvalue weighted by Crippen LogP contribution is -2.17. The third-order valence-electron chi connectivity index (χ3n) is 2.39. The fraction of sp³-hybridized carbons (Fsp3) is 0.231. The van der Waals surface area contributed by atoms with Crippen LogP contribution in [0.5, 0.6) is 0 Å². The molecule has 1 aromatic carbocycles. The maximum Gasteiger partial charge on any atom is 0.0599 e. The normalized spacial score (nSPS) is 10.7. The lowest BCUT2D eigenvalue weighted by Gasteiger charge is -2.10. The Kier molecular flexibility index (Phi) is 2.75. The molecule has 0 aliphatic rings. The van der Waals surface area contributed by atoms with E-state index in [1.165, 1.54) is 16.6 Å². The van der Waals surface area contributed by atoms with Gasteiger partial charge < -0.3 is 4.98 Å². The van der Waals surface area contributed by atoms with Crippen molar-refractivity contribution in [3.8, 4) is 12.3 Å². The number of terminal acetylenes is 1. The number of fused-ring (bicyclic) bond motifs is 1. The molecule has 1 aromatic heterocycles. The smallest absolute Gasteiger partial charge is 0.0599 e. The predicted molar refractivity (Wildman–Crippen MR) is 63.5 cm³/mol. The standard InChI is InChI=1S/C13H14N2/c1-3-8-15(2)10-12-9-11-6-4-5-7-13(11)14-12/h1,4-7,9,14H,8,10H2,2H3. The molecule has 0 saturated carbocycles. The third kappa shape index (κ3) is 2.20. The van der Waals surface area contributed by atoms with E-state index in [1.54, 1.807) is 0 Å². The van der Waals surface area contributed by atoms with Crippen molar-refractivity contribution < 1.29 is 0 Å². The van der Waals surface area contributed by atoms with Gasteiger partial charge in [-0.1, -0.05) is 24.1 Å². The van der Waals surface area contributed by atoms with Crippen molar-refractivity contribution >= 4 is 10.9 Å². The molecule has 0 bridgehead atoms. The molecule has 2 nitrogen and oxygen atoms in total. The lowest BCUT2D eigenvalue weighted by atomic mass is 10.2. The number of benzene rings is 1. The molecule has 0 amide bonds. The number of nitrogens with zero attached hydrogens (tertiary/aromatic N) is 1. The zero-order valence-electron chi connectivity index (χ0n) is 8.83. The Labute approximate surface area is 89.9 Å². The summed E-state index contributed by atoms with van der Waals surface area (Å²) in [6.07, 6.45) is 5.26. The van der Waals surface area contributed by atoms with Gasteiger partial charge in [0.15, 0.2) is 0 Å². The van der Waals surface area contributed by atoms with Crippen LogP contribution in [0.3, 0.4) is 0 Å². The number of aromatic amines is 1. The summed E-state index contributed by atoms with van der Waals surface area (Å²) >= 11 is 0. The number of aromatic nitrogens is 1. The first-order valence-corrected chi connectivity index (χ1v) is 4.98. The Morgan fingerprint density at radius 3 is 2.93 bits per heavy atom. The minimum absolute atomic E-state index is 0.676. The fourth-order valence-corrected chi connectivity index (χ4v) is 1.72. The van der Waals surface area contributed by atoms with E-state index in [0.717, 1.165) is 6.54 Å². The molecule has 2 aromatic rings. The monoisotopic (exact) mass is 198 g/mol. The molecule has 0 unspecified atom stereocenters. The maximum atomic E-state index is 5.26. The van der Waals surface area contributed by atoms with Crippen molar-refractivity contribution in [3.63, 3.8) is 0 Å². The van der Waals surface area contributed by atoms with Gasteiger partial charge in [0.25, 0.3) is 0 Å². The Bertz CT molecular complexity index is 457. The number of hydrogen-bond acceptors (Lipinski definition) is 1. The van der Waals surface area contributed by atoms with Crippen molar-refractivity contribution in [2.45, 2.75) is 6.54 Å². The quantitative estimate of drug-likeness (QED) is 0.749. The van der Waals surface area contributed by atoms with Gasteiger partial charge in [0.05, 0.1) is 6.54 Å². The number of H-pyrrole nitrogens is 1. The zero-order valence-corrected chi connectivity index (χ0v) is 8.83. The van der Waals surface area contributed by atoms with Crippen LogP contribution in [0.15, 0.2) is 30.3 Å². The van der Waals surface area contributed by atoms with E-state index in [2.05, 4.69) is 34.0 Å². The first kappa shape index (κ1) is 9.82. The molecule has 1 N–H and O–H groups in total. The van der Waals surface area contributed by atoms with E-state index < -0.39 is 0 Å². The molecule has 0 radical (unpaired) electrons. The second kappa shape index (κ2) is 4.20. The molecule has 0 aliphatic carbocycles. The molecule has 1 heterocycles. The zero-order chi connectivity index (χ0) is 10.7. The highest BCUT2D eigenvalue weighted by atomic mass is 15.1. The number of nitrogens with one attached hydrogen (secondary N) is 1. The summed E-state index contributed by atoms with van der Waals surface area (Å²) in [5, 5.41) is 1.25. The summed E-state index contributed by atoms with van der Waals surface area (Å²) in [7, 11) is 2.02. The van der Waals surface area contributed by atoms with Gasteiger partial charge in [-0.25, -0.2) is 0 Å². The molecule has 2 rings (SSSR count). The van der Waals surface area contributed by atoms with Gasteiger partial charge in [-0.15, -0.1) is 6.42 Å². The Balaban J connectivity index is 2.19. The van der Waals surface area contributed by atoms with Gasteiger partial charge in [0.1, 0.15) is 0 Å². The van der Waals surface area contributed by atoms with Crippen LogP contribution in [-0.4, -0.2) is 23.5 Å². The van der Waals surface area contributed by atoms with E-state index in [4.69, 9.17) is 6.42 Å². The Hall–Kier alpha value is -1.72. The Morgan fingerprint density at radius 1 is 1.40 bits per heavy atom. The summed E-state index contributed by atoms with van der Waals surface area (Å²) in [4.78, 5) is 5.48. The first-order chi connectivity index (χ1) is 7.29. The minimum atomic E-state index is 0.676. The van der Waals surface area contributed by atoms with E-state index in [1.807, 2.05) is 19.2 Å². The molecule has 0 spiro atoms. The summed E-state index contributed by atoms with van der Waals surface area (Å²) in [6, 6.07) is 10.4. The highest BCUT2D eigenvalue weighted by Crippen LogP contribution is 2.15. The topological polar surface area (TPSA) is 19.0 Å². The van der Waals surface area contributed by atoms with Gasteiger partial charge in [-0.3, -0.25) is 4.90 Å². The van der Waals surface area contributed by atoms with Gasteiger partial charge in [-0.05, 0) is 24.6 Å². The SMILES string of the molecule is C#CCN(C)Cc1cc2ccccc2[nH]1. The van der Waals surface area contributed by atoms with Crippen molar-refractivity contribution in [2.24, 2.45) is 0 Å². The summed E-state index contributed by atoms with van der Waals surface area (Å²) in [5.41, 5.74) is 2.38. The van der Waals surface area contributed by atoms with E-state index in [0.29, 0.717) is 6.54 Å². The highest BCUT2D eigenvalue weighted by Gasteiger charge is 2.02. The average Bonchev–Trinajstić information content (AvgIpc) is 2.59. The molecule has 0 saturated heterocycles. The molecular formula is C13H14N2. The Morgan fingerprint density at radius 2 is 2.20 bits per heavy atom. The van der Waals surface area contributed by atoms with Crippen LogP contribution in [0.2, 0.25) is 0 Å². The molecule has 76 valence electrons. The largest absolute Gasteiger partial charge is 0.357 e. The van der Waals surface area contributed by atoms with E-state index in [9.17, 15) is 0 Å². The van der Waals surface area contributed by atoms with Gasteiger partial charge in [0.2, 0.25) is 0 Å². The second-order valence-electron chi connectivity index (χ2n) is 3.76. The van der Waals surface area contributed by atoms with Crippen molar-refractivity contribution in [3.05, 3.63) is 36.0 Å². The maximum absolute atomic E-state index is 5.26. The van der Waals surface area contributed by atoms with Crippen molar-refractivity contribution in [1.82, 2.24) is 9.88 Å². The van der Waals surface area contributed by atoms with Gasteiger partial charge >= 0.3 is 0 Å². The number of rotatable bonds is 3. The summed E-state index contributed by atoms with van der Waals surface area (Å²) in [5.74, 6) is 2.63. The van der Waals surface area contributed by atoms with Crippen LogP contribution < -0.4 is 0 Å². The summed E-state index contributed by atoms with van der Waals surface area (Å²) in [6.45, 7) is 1.54. The van der Waals surface area contributed by atoms with Crippen LogP contribution in [0.1, 0.15) is 5.69 Å². The van der Waals surface area contributed by atoms with Crippen LogP contribution in [-0.2, 0) is 6.54 Å². The average molecular weight is 198 g/mol. The molecule has 0 fully saturated rings. The molecular weight excluding hydrogens is 184 g/mol. The van der Waals surface area contributed by atoms with Crippen LogP contribution >= 0.6 is 0 Å². The highest BCUT2D eigenvalue weighted by molar-refractivity contribution is 5.80. The van der Waals surface area contributed by atoms with Crippen molar-refractivity contribution in [2.75, 3.05) is 13.6 Å². The molecule has 0 aliphatic heterocycles. The van der Waals surface area contributed by atoms with Gasteiger partial charge in [0, 0.05) is 17.8 Å². The first-order valence-electron chi connectivity index (χ1n) is 4.98. The summed E-state index contributed by atoms with van der Waals surface area (Å²) < 4.78 is 0.